The number of nitrogens with zero attached hydrogens (tertiary/aromatic N) is 6. The van der Waals surface area contributed by atoms with E-state index in [9.17, 15) is 0 Å². The number of fused-ring (bicyclic) bond motifs is 1. The first-order valence-corrected chi connectivity index (χ1v) is 11.6. The average molecular weight is 455 g/mol. The van der Waals surface area contributed by atoms with Crippen molar-refractivity contribution in [1.29, 1.82) is 0 Å². The Morgan fingerprint density at radius 1 is 0.848 bits per heavy atom. The zero-order valence-electron chi connectivity index (χ0n) is 18.3. The van der Waals surface area contributed by atoms with Gasteiger partial charge in [0.15, 0.2) is 5.82 Å². The highest BCUT2D eigenvalue weighted by Gasteiger charge is 2.15. The highest BCUT2D eigenvalue weighted by Crippen LogP contribution is 2.34. The van der Waals surface area contributed by atoms with Crippen LogP contribution in [0.2, 0.25) is 0 Å². The summed E-state index contributed by atoms with van der Waals surface area (Å²) in [5.74, 6) is 1.09. The highest BCUT2D eigenvalue weighted by molar-refractivity contribution is 7.99. The second-order valence-corrected chi connectivity index (χ2v) is 8.25. The summed E-state index contributed by atoms with van der Waals surface area (Å²) >= 11 is 1.34. The van der Waals surface area contributed by atoms with Crippen molar-refractivity contribution in [2.75, 3.05) is 18.0 Å². The fraction of sp³-hybridized carbons (Fsp3) is 0.160. The second kappa shape index (κ2) is 9.38. The molecule has 0 atom stereocenters. The predicted octanol–water partition coefficient (Wildman–Crippen LogP) is 5.74. The molecular weight excluding hydrogens is 432 g/mol. The van der Waals surface area contributed by atoms with Gasteiger partial charge in [0.05, 0.1) is 5.52 Å². The number of rotatable bonds is 7. The molecule has 7 nitrogen and oxygen atoms in total. The third-order valence-corrected chi connectivity index (χ3v) is 6.17. The van der Waals surface area contributed by atoms with Gasteiger partial charge in [-0.3, -0.25) is 4.98 Å². The molecule has 2 aromatic carbocycles. The SMILES string of the molecule is CCN(CC)c1ccc(-c2nnc(Sc3nc(-c4cccnc4)nc4ccccc34)o2)cc1. The van der Waals surface area contributed by atoms with Gasteiger partial charge in [-0.2, -0.15) is 0 Å². The summed E-state index contributed by atoms with van der Waals surface area (Å²) in [6.45, 7) is 6.22. The van der Waals surface area contributed by atoms with E-state index in [2.05, 4.69) is 46.1 Å². The summed E-state index contributed by atoms with van der Waals surface area (Å²) in [5, 5.41) is 10.6. The fourth-order valence-corrected chi connectivity index (χ4v) is 4.39. The first kappa shape index (κ1) is 21.1. The van der Waals surface area contributed by atoms with Crippen LogP contribution in [0.5, 0.6) is 0 Å². The maximum atomic E-state index is 5.98. The number of benzene rings is 2. The molecule has 0 radical (unpaired) electrons. The van der Waals surface area contributed by atoms with Crippen LogP contribution in [0.3, 0.4) is 0 Å². The van der Waals surface area contributed by atoms with Gasteiger partial charge in [0.1, 0.15) is 5.03 Å². The lowest BCUT2D eigenvalue weighted by Crippen LogP contribution is -2.21. The van der Waals surface area contributed by atoms with Crippen molar-refractivity contribution in [3.05, 3.63) is 73.1 Å². The molecule has 0 N–H and O–H groups in total. The van der Waals surface area contributed by atoms with Gasteiger partial charge in [-0.1, -0.05) is 18.2 Å². The lowest BCUT2D eigenvalue weighted by atomic mass is 10.2. The Bertz CT molecular complexity index is 1370. The Kier molecular flexibility index (Phi) is 5.99. The van der Waals surface area contributed by atoms with Crippen molar-refractivity contribution in [2.24, 2.45) is 0 Å². The Balaban J connectivity index is 1.45. The minimum absolute atomic E-state index is 0.429. The van der Waals surface area contributed by atoms with Crippen LogP contribution in [0.4, 0.5) is 5.69 Å². The van der Waals surface area contributed by atoms with Crippen molar-refractivity contribution in [3.63, 3.8) is 0 Å². The molecule has 0 spiro atoms. The Morgan fingerprint density at radius 2 is 1.67 bits per heavy atom. The summed E-state index contributed by atoms with van der Waals surface area (Å²) in [5.41, 5.74) is 3.76. The Hall–Kier alpha value is -3.78. The maximum absolute atomic E-state index is 5.98. The predicted molar refractivity (Wildman–Crippen MR) is 130 cm³/mol. The van der Waals surface area contributed by atoms with Crippen molar-refractivity contribution in [1.82, 2.24) is 25.1 Å². The van der Waals surface area contributed by atoms with Crippen LogP contribution in [-0.4, -0.2) is 38.2 Å². The second-order valence-electron chi connectivity index (χ2n) is 7.31. The van der Waals surface area contributed by atoms with Crippen LogP contribution in [0.25, 0.3) is 33.7 Å². The largest absolute Gasteiger partial charge is 0.411 e. The van der Waals surface area contributed by atoms with Gasteiger partial charge in [0, 0.05) is 47.7 Å². The molecule has 0 unspecified atom stereocenters. The Morgan fingerprint density at radius 3 is 2.42 bits per heavy atom. The van der Waals surface area contributed by atoms with E-state index < -0.39 is 0 Å². The van der Waals surface area contributed by atoms with Crippen LogP contribution in [0, 0.1) is 0 Å². The van der Waals surface area contributed by atoms with E-state index in [-0.39, 0.29) is 0 Å². The summed E-state index contributed by atoms with van der Waals surface area (Å²) in [7, 11) is 0. The van der Waals surface area contributed by atoms with Crippen molar-refractivity contribution in [2.45, 2.75) is 24.1 Å². The molecule has 33 heavy (non-hydrogen) atoms. The molecule has 0 aliphatic carbocycles. The first-order chi connectivity index (χ1) is 16.2. The third kappa shape index (κ3) is 4.42. The van der Waals surface area contributed by atoms with E-state index in [0.29, 0.717) is 16.9 Å². The molecule has 0 aliphatic heterocycles. The van der Waals surface area contributed by atoms with Crippen molar-refractivity contribution >= 4 is 28.4 Å². The molecule has 0 fully saturated rings. The van der Waals surface area contributed by atoms with Gasteiger partial charge in [-0.15, -0.1) is 10.2 Å². The molecule has 0 aliphatic rings. The molecule has 0 bridgehead atoms. The Labute approximate surface area is 195 Å². The smallest absolute Gasteiger partial charge is 0.283 e. The summed E-state index contributed by atoms with van der Waals surface area (Å²) < 4.78 is 5.98. The summed E-state index contributed by atoms with van der Waals surface area (Å²) in [6.07, 6.45) is 3.49. The molecule has 0 saturated carbocycles. The van der Waals surface area contributed by atoms with Gasteiger partial charge in [-0.25, -0.2) is 9.97 Å². The van der Waals surface area contributed by atoms with Crippen molar-refractivity contribution in [3.8, 4) is 22.8 Å². The van der Waals surface area contributed by atoms with E-state index in [1.54, 1.807) is 12.4 Å². The first-order valence-electron chi connectivity index (χ1n) is 10.8. The van der Waals surface area contributed by atoms with Gasteiger partial charge in [0.2, 0.25) is 5.89 Å². The summed E-state index contributed by atoms with van der Waals surface area (Å²) in [4.78, 5) is 16.0. The fourth-order valence-electron chi connectivity index (χ4n) is 3.60. The molecule has 3 heterocycles. The number of para-hydroxylation sites is 1. The van der Waals surface area contributed by atoms with E-state index >= 15 is 0 Å². The van der Waals surface area contributed by atoms with Crippen LogP contribution >= 0.6 is 11.8 Å². The molecule has 8 heteroatoms. The van der Waals surface area contributed by atoms with Gasteiger partial charge in [-0.05, 0) is 68.1 Å². The zero-order valence-corrected chi connectivity index (χ0v) is 19.2. The van der Waals surface area contributed by atoms with Gasteiger partial charge >= 0.3 is 0 Å². The lowest BCUT2D eigenvalue weighted by molar-refractivity contribution is 0.465. The van der Waals surface area contributed by atoms with Crippen LogP contribution < -0.4 is 4.90 Å². The zero-order chi connectivity index (χ0) is 22.6. The molecule has 5 rings (SSSR count). The van der Waals surface area contributed by atoms with E-state index in [0.717, 1.165) is 40.1 Å². The summed E-state index contributed by atoms with van der Waals surface area (Å²) in [6, 6.07) is 19.9. The number of pyridine rings is 1. The highest BCUT2D eigenvalue weighted by atomic mass is 32.2. The van der Waals surface area contributed by atoms with Crippen LogP contribution in [-0.2, 0) is 0 Å². The minimum atomic E-state index is 0.429. The van der Waals surface area contributed by atoms with Gasteiger partial charge < -0.3 is 9.32 Å². The molecule has 5 aromatic rings. The molecule has 164 valence electrons. The normalized spacial score (nSPS) is 11.1. The number of hydrogen-bond acceptors (Lipinski definition) is 8. The topological polar surface area (TPSA) is 80.8 Å². The maximum Gasteiger partial charge on any atom is 0.283 e. The molecule has 0 amide bonds. The molecule has 0 saturated heterocycles. The van der Waals surface area contributed by atoms with E-state index in [1.807, 2.05) is 48.5 Å². The van der Waals surface area contributed by atoms with Crippen molar-refractivity contribution < 1.29 is 4.42 Å². The third-order valence-electron chi connectivity index (χ3n) is 5.32. The average Bonchev–Trinajstić information content (AvgIpc) is 3.34. The standard InChI is InChI=1S/C25H22N6OS/c1-3-31(4-2)19-13-11-17(12-14-19)23-29-30-25(32-23)33-24-20-9-5-6-10-21(20)27-22(28-24)18-8-7-15-26-16-18/h5-16H,3-4H2,1-2H3. The monoisotopic (exact) mass is 454 g/mol. The minimum Gasteiger partial charge on any atom is -0.411 e. The lowest BCUT2D eigenvalue weighted by Gasteiger charge is -2.20. The van der Waals surface area contributed by atoms with Crippen LogP contribution in [0.1, 0.15) is 13.8 Å². The van der Waals surface area contributed by atoms with E-state index in [4.69, 9.17) is 14.4 Å². The number of aromatic nitrogens is 5. The molecular formula is C25H22N6OS. The number of hydrogen-bond donors (Lipinski definition) is 0. The quantitative estimate of drug-likeness (QED) is 0.288. The number of anilines is 1. The van der Waals surface area contributed by atoms with Crippen LogP contribution in [0.15, 0.2) is 87.7 Å². The molecule has 3 aromatic heterocycles. The van der Waals surface area contributed by atoms with Gasteiger partial charge in [0.25, 0.3) is 5.22 Å². The van der Waals surface area contributed by atoms with E-state index in [1.165, 1.54) is 17.4 Å².